The van der Waals surface area contributed by atoms with Gasteiger partial charge in [-0.2, -0.15) is 8.78 Å². The molecule has 0 aliphatic heterocycles. The summed E-state index contributed by atoms with van der Waals surface area (Å²) in [6, 6.07) is 4.95. The lowest BCUT2D eigenvalue weighted by Crippen LogP contribution is -2.05. The van der Waals surface area contributed by atoms with E-state index in [1.54, 1.807) is 12.1 Å². The van der Waals surface area contributed by atoms with E-state index in [2.05, 4.69) is 20.7 Å². The Kier molecular flexibility index (Phi) is 3.86. The lowest BCUT2D eigenvalue weighted by Gasteiger charge is -2.13. The third-order valence-corrected chi connectivity index (χ3v) is 2.19. The van der Waals surface area contributed by atoms with Crippen LogP contribution in [0.4, 0.5) is 8.78 Å². The first kappa shape index (κ1) is 11.4. The second-order valence-corrected chi connectivity index (χ2v) is 3.93. The van der Waals surface area contributed by atoms with Gasteiger partial charge >= 0.3 is 6.61 Å². The number of rotatable bonds is 3. The van der Waals surface area contributed by atoms with Crippen LogP contribution >= 0.6 is 15.9 Å². The molecule has 0 saturated heterocycles. The molecule has 0 spiro atoms. The molecule has 77 valence electrons. The number of hydrogen-bond donors (Lipinski definition) is 0. The molecular weight excluding hydrogens is 254 g/mol. The highest BCUT2D eigenvalue weighted by Crippen LogP contribution is 2.29. The van der Waals surface area contributed by atoms with Gasteiger partial charge in [-0.1, -0.05) is 29.8 Å². The molecule has 1 aromatic rings. The van der Waals surface area contributed by atoms with E-state index in [1.807, 2.05) is 13.8 Å². The van der Waals surface area contributed by atoms with Crippen molar-refractivity contribution in [2.24, 2.45) is 0 Å². The third-order valence-electron chi connectivity index (χ3n) is 1.70. The fraction of sp³-hybridized carbons (Fsp3) is 0.300. The lowest BCUT2D eigenvalue weighted by atomic mass is 10.0. The molecule has 0 unspecified atom stereocenters. The van der Waals surface area contributed by atoms with Crippen LogP contribution in [0.1, 0.15) is 19.4 Å². The zero-order valence-electron chi connectivity index (χ0n) is 7.85. The van der Waals surface area contributed by atoms with Crippen molar-refractivity contribution < 1.29 is 13.5 Å². The molecule has 0 aliphatic rings. The summed E-state index contributed by atoms with van der Waals surface area (Å²) >= 11 is 3.27. The van der Waals surface area contributed by atoms with Gasteiger partial charge in [0.05, 0.1) is 0 Å². The Morgan fingerprint density at radius 3 is 2.50 bits per heavy atom. The first-order valence-corrected chi connectivity index (χ1v) is 4.85. The van der Waals surface area contributed by atoms with E-state index < -0.39 is 6.61 Å². The number of alkyl halides is 2. The highest BCUT2D eigenvalue weighted by atomic mass is 79.9. The minimum absolute atomic E-state index is 0.211. The number of halogens is 3. The maximum Gasteiger partial charge on any atom is 0.387 e. The molecule has 0 aromatic heterocycles. The van der Waals surface area contributed by atoms with Crippen molar-refractivity contribution in [3.63, 3.8) is 0 Å². The maximum absolute atomic E-state index is 12.0. The lowest BCUT2D eigenvalue weighted by molar-refractivity contribution is -0.0502. The van der Waals surface area contributed by atoms with Crippen LogP contribution in [0.15, 0.2) is 22.7 Å². The summed E-state index contributed by atoms with van der Waals surface area (Å²) in [7, 11) is 0. The Balaban J connectivity index is 3.02. The molecule has 0 amide bonds. The van der Waals surface area contributed by atoms with Crippen LogP contribution in [0.3, 0.4) is 0 Å². The largest absolute Gasteiger partial charge is 0.435 e. The molecule has 1 radical (unpaired) electrons. The minimum Gasteiger partial charge on any atom is -0.435 e. The average molecular weight is 264 g/mol. The molecule has 0 saturated carbocycles. The Labute approximate surface area is 90.2 Å². The zero-order valence-corrected chi connectivity index (χ0v) is 9.44. The summed E-state index contributed by atoms with van der Waals surface area (Å²) in [5, 5.41) is 0. The molecule has 0 bridgehead atoms. The van der Waals surface area contributed by atoms with Gasteiger partial charge in [-0.05, 0) is 18.2 Å². The highest BCUT2D eigenvalue weighted by molar-refractivity contribution is 9.10. The average Bonchev–Trinajstić information content (AvgIpc) is 2.07. The van der Waals surface area contributed by atoms with Crippen molar-refractivity contribution in [2.45, 2.75) is 20.5 Å². The van der Waals surface area contributed by atoms with E-state index in [-0.39, 0.29) is 5.75 Å². The van der Waals surface area contributed by atoms with E-state index in [4.69, 9.17) is 0 Å². The van der Waals surface area contributed by atoms with Gasteiger partial charge in [-0.25, -0.2) is 0 Å². The molecule has 0 aliphatic carbocycles. The SMILES string of the molecule is C[C](C)c1cc(Br)ccc1OC(F)F. The summed E-state index contributed by atoms with van der Waals surface area (Å²) < 4.78 is 29.3. The van der Waals surface area contributed by atoms with Crippen LogP contribution in [0.5, 0.6) is 5.75 Å². The standard InChI is InChI=1S/C10H10BrF2O/c1-6(2)8-5-7(11)3-4-9(8)14-10(12)13/h3-5,10H,1-2H3. The Hall–Kier alpha value is -0.640. The van der Waals surface area contributed by atoms with Gasteiger partial charge in [0.2, 0.25) is 0 Å². The Bertz CT molecular complexity index is 313. The molecule has 0 N–H and O–H groups in total. The van der Waals surface area contributed by atoms with Gasteiger partial charge in [0.1, 0.15) is 5.75 Å². The van der Waals surface area contributed by atoms with Crippen molar-refractivity contribution in [1.82, 2.24) is 0 Å². The van der Waals surface area contributed by atoms with Gasteiger partial charge in [0.25, 0.3) is 0 Å². The summed E-state index contributed by atoms with van der Waals surface area (Å²) in [6.45, 7) is 0.912. The van der Waals surface area contributed by atoms with Crippen molar-refractivity contribution in [3.8, 4) is 5.75 Å². The van der Waals surface area contributed by atoms with Crippen LogP contribution in [-0.2, 0) is 0 Å². The number of ether oxygens (including phenoxy) is 1. The molecule has 0 atom stereocenters. The second-order valence-electron chi connectivity index (χ2n) is 3.02. The van der Waals surface area contributed by atoms with Crippen LogP contribution in [-0.4, -0.2) is 6.61 Å². The molecule has 14 heavy (non-hydrogen) atoms. The molecule has 1 nitrogen and oxygen atoms in total. The smallest absolute Gasteiger partial charge is 0.387 e. The maximum atomic E-state index is 12.0. The molecule has 0 fully saturated rings. The summed E-state index contributed by atoms with van der Waals surface area (Å²) in [4.78, 5) is 0. The molecule has 1 rings (SSSR count). The van der Waals surface area contributed by atoms with E-state index >= 15 is 0 Å². The molecule has 4 heteroatoms. The van der Waals surface area contributed by atoms with Crippen LogP contribution in [0, 0.1) is 5.92 Å². The molecule has 0 heterocycles. The van der Waals surface area contributed by atoms with Crippen molar-refractivity contribution in [3.05, 3.63) is 34.2 Å². The van der Waals surface area contributed by atoms with Gasteiger partial charge in [-0.3, -0.25) is 0 Å². The number of benzene rings is 1. The predicted molar refractivity (Wildman–Crippen MR) is 54.5 cm³/mol. The van der Waals surface area contributed by atoms with Crippen molar-refractivity contribution in [2.75, 3.05) is 0 Å². The predicted octanol–water partition coefficient (Wildman–Crippen LogP) is 4.01. The topological polar surface area (TPSA) is 9.23 Å². The third kappa shape index (κ3) is 2.94. The fourth-order valence-electron chi connectivity index (χ4n) is 1.09. The monoisotopic (exact) mass is 263 g/mol. The highest BCUT2D eigenvalue weighted by Gasteiger charge is 2.12. The zero-order chi connectivity index (χ0) is 10.7. The summed E-state index contributed by atoms with van der Waals surface area (Å²) in [5.74, 6) is 1.14. The van der Waals surface area contributed by atoms with Crippen LogP contribution in [0.2, 0.25) is 0 Å². The fourth-order valence-corrected chi connectivity index (χ4v) is 1.45. The Morgan fingerprint density at radius 2 is 2.00 bits per heavy atom. The van der Waals surface area contributed by atoms with E-state index in [0.29, 0.717) is 5.56 Å². The van der Waals surface area contributed by atoms with E-state index in [0.717, 1.165) is 10.4 Å². The minimum atomic E-state index is -2.78. The first-order valence-electron chi connectivity index (χ1n) is 4.05. The van der Waals surface area contributed by atoms with Gasteiger partial charge in [-0.15, -0.1) is 0 Å². The van der Waals surface area contributed by atoms with Gasteiger partial charge in [0, 0.05) is 16.0 Å². The Morgan fingerprint density at radius 1 is 1.36 bits per heavy atom. The van der Waals surface area contributed by atoms with E-state index in [1.165, 1.54) is 6.07 Å². The van der Waals surface area contributed by atoms with Crippen LogP contribution in [0.25, 0.3) is 0 Å². The second kappa shape index (κ2) is 4.73. The quantitative estimate of drug-likeness (QED) is 0.801. The van der Waals surface area contributed by atoms with Gasteiger partial charge in [0.15, 0.2) is 0 Å². The first-order chi connectivity index (χ1) is 6.50. The number of hydrogen-bond acceptors (Lipinski definition) is 1. The van der Waals surface area contributed by atoms with Gasteiger partial charge < -0.3 is 4.74 Å². The van der Waals surface area contributed by atoms with Crippen LogP contribution < -0.4 is 4.74 Å². The van der Waals surface area contributed by atoms with E-state index in [9.17, 15) is 8.78 Å². The summed E-state index contributed by atoms with van der Waals surface area (Å²) in [6.07, 6.45) is 0. The molecular formula is C10H10BrF2O. The normalized spacial score (nSPS) is 11.1. The van der Waals surface area contributed by atoms with Crippen molar-refractivity contribution >= 4 is 15.9 Å². The van der Waals surface area contributed by atoms with Crippen molar-refractivity contribution in [1.29, 1.82) is 0 Å². The molecule has 1 aromatic carbocycles. The summed E-state index contributed by atoms with van der Waals surface area (Å²) in [5.41, 5.74) is 0.694.